The number of thiol groups is 1. The number of phenols is 1. The van der Waals surface area contributed by atoms with Gasteiger partial charge in [0, 0.05) is 11.0 Å². The zero-order valence-electron chi connectivity index (χ0n) is 6.31. The van der Waals surface area contributed by atoms with E-state index in [4.69, 9.17) is 0 Å². The Labute approximate surface area is 74.4 Å². The molecule has 0 spiro atoms. The fourth-order valence-corrected chi connectivity index (χ4v) is 1.20. The fraction of sp³-hybridized carbons (Fsp3) is 0.143. The molecule has 0 unspecified atom stereocenters. The topological polar surface area (TPSA) is 63.4 Å². The van der Waals surface area contributed by atoms with E-state index in [9.17, 15) is 15.2 Å². The molecule has 5 heteroatoms. The molecule has 1 aromatic carbocycles. The highest BCUT2D eigenvalue weighted by Crippen LogP contribution is 2.31. The minimum absolute atomic E-state index is 0.294. The van der Waals surface area contributed by atoms with E-state index in [0.717, 1.165) is 0 Å². The molecule has 0 amide bonds. The van der Waals surface area contributed by atoms with Crippen molar-refractivity contribution in [2.45, 2.75) is 11.8 Å². The molecule has 0 radical (unpaired) electrons. The zero-order chi connectivity index (χ0) is 9.30. The summed E-state index contributed by atoms with van der Waals surface area (Å²) in [5.41, 5.74) is 0.147. The smallest absolute Gasteiger partial charge is 0.312 e. The molecule has 64 valence electrons. The van der Waals surface area contributed by atoms with E-state index in [0.29, 0.717) is 10.5 Å². The Kier molecular flexibility index (Phi) is 2.23. The summed E-state index contributed by atoms with van der Waals surface area (Å²) in [5, 5.41) is 19.6. The van der Waals surface area contributed by atoms with Gasteiger partial charge in [0.2, 0.25) is 0 Å². The van der Waals surface area contributed by atoms with Crippen molar-refractivity contribution in [3.8, 4) is 5.75 Å². The highest BCUT2D eigenvalue weighted by Gasteiger charge is 2.15. The van der Waals surface area contributed by atoms with Gasteiger partial charge in [0.15, 0.2) is 5.75 Å². The first kappa shape index (κ1) is 8.86. The largest absolute Gasteiger partial charge is 0.502 e. The van der Waals surface area contributed by atoms with E-state index in [1.165, 1.54) is 6.07 Å². The highest BCUT2D eigenvalue weighted by atomic mass is 32.1. The zero-order valence-corrected chi connectivity index (χ0v) is 7.21. The third-order valence-corrected chi connectivity index (χ3v) is 1.72. The van der Waals surface area contributed by atoms with Gasteiger partial charge in [0.25, 0.3) is 0 Å². The van der Waals surface area contributed by atoms with Crippen LogP contribution in [0.3, 0.4) is 0 Å². The standard InChI is InChI=1S/C7H7NO3S/c1-4-2-5(12)3-6(7(4)9)8(10)11/h2-3,9,12H,1H3. The van der Waals surface area contributed by atoms with Crippen LogP contribution < -0.4 is 0 Å². The SMILES string of the molecule is Cc1cc(S)cc([N+](=O)[O-])c1O. The van der Waals surface area contributed by atoms with Crippen molar-refractivity contribution < 1.29 is 10.0 Å². The molecule has 0 aromatic heterocycles. The van der Waals surface area contributed by atoms with Gasteiger partial charge in [-0.05, 0) is 18.6 Å². The summed E-state index contributed by atoms with van der Waals surface area (Å²) in [6.07, 6.45) is 0. The molecule has 0 saturated heterocycles. The van der Waals surface area contributed by atoms with Gasteiger partial charge in [0.05, 0.1) is 4.92 Å². The number of aryl methyl sites for hydroxylation is 1. The molecule has 1 aromatic rings. The van der Waals surface area contributed by atoms with Gasteiger partial charge < -0.3 is 5.11 Å². The molecule has 0 aliphatic heterocycles. The predicted octanol–water partition coefficient (Wildman–Crippen LogP) is 1.90. The van der Waals surface area contributed by atoms with Crippen LogP contribution in [0.1, 0.15) is 5.56 Å². The highest BCUT2D eigenvalue weighted by molar-refractivity contribution is 7.80. The average molecular weight is 185 g/mol. The van der Waals surface area contributed by atoms with Crippen molar-refractivity contribution in [1.82, 2.24) is 0 Å². The number of hydrogen-bond acceptors (Lipinski definition) is 4. The second-order valence-corrected chi connectivity index (χ2v) is 2.90. The predicted molar refractivity (Wildman–Crippen MR) is 46.8 cm³/mol. The number of nitro groups is 1. The molecular weight excluding hydrogens is 178 g/mol. The molecule has 0 bridgehead atoms. The van der Waals surface area contributed by atoms with Crippen molar-refractivity contribution in [3.05, 3.63) is 27.8 Å². The first-order valence-electron chi connectivity index (χ1n) is 3.19. The summed E-state index contributed by atoms with van der Waals surface area (Å²) in [5.74, 6) is -0.294. The van der Waals surface area contributed by atoms with Crippen LogP contribution in [0.15, 0.2) is 17.0 Å². The summed E-state index contributed by atoms with van der Waals surface area (Å²) in [7, 11) is 0. The van der Waals surface area contributed by atoms with Crippen LogP contribution in [0, 0.1) is 17.0 Å². The van der Waals surface area contributed by atoms with E-state index < -0.39 is 4.92 Å². The van der Waals surface area contributed by atoms with Crippen LogP contribution in [0.5, 0.6) is 5.75 Å². The summed E-state index contributed by atoms with van der Waals surface area (Å²) < 4.78 is 0. The maximum Gasteiger partial charge on any atom is 0.312 e. The lowest BCUT2D eigenvalue weighted by Crippen LogP contribution is -1.90. The normalized spacial score (nSPS) is 9.83. The number of hydrogen-bond donors (Lipinski definition) is 2. The summed E-state index contributed by atoms with van der Waals surface area (Å²) >= 11 is 3.95. The lowest BCUT2D eigenvalue weighted by atomic mass is 10.2. The van der Waals surface area contributed by atoms with Gasteiger partial charge in [-0.3, -0.25) is 10.1 Å². The first-order valence-corrected chi connectivity index (χ1v) is 3.64. The van der Waals surface area contributed by atoms with Crippen molar-refractivity contribution >= 4 is 18.3 Å². The molecule has 0 atom stereocenters. The second-order valence-electron chi connectivity index (χ2n) is 2.39. The number of aromatic hydroxyl groups is 1. The summed E-state index contributed by atoms with van der Waals surface area (Å²) in [4.78, 5) is 10.2. The van der Waals surface area contributed by atoms with Gasteiger partial charge in [0.1, 0.15) is 0 Å². The second kappa shape index (κ2) is 3.02. The average Bonchev–Trinajstić information content (AvgIpc) is 1.96. The molecule has 0 heterocycles. The maximum absolute atomic E-state index is 10.3. The van der Waals surface area contributed by atoms with Gasteiger partial charge in [-0.2, -0.15) is 0 Å². The van der Waals surface area contributed by atoms with Crippen molar-refractivity contribution in [2.75, 3.05) is 0 Å². The summed E-state index contributed by atoms with van der Waals surface area (Å²) in [6.45, 7) is 1.59. The van der Waals surface area contributed by atoms with Gasteiger partial charge in [-0.25, -0.2) is 0 Å². The van der Waals surface area contributed by atoms with Gasteiger partial charge >= 0.3 is 5.69 Å². The minimum Gasteiger partial charge on any atom is -0.502 e. The molecule has 12 heavy (non-hydrogen) atoms. The Hall–Kier alpha value is -1.23. The number of benzene rings is 1. The quantitative estimate of drug-likeness (QED) is 0.399. The fourth-order valence-electron chi connectivity index (χ4n) is 0.881. The van der Waals surface area contributed by atoms with Gasteiger partial charge in [-0.1, -0.05) is 0 Å². The van der Waals surface area contributed by atoms with Crippen LogP contribution in [0.25, 0.3) is 0 Å². The van der Waals surface area contributed by atoms with Crippen LogP contribution in [-0.4, -0.2) is 10.0 Å². The van der Waals surface area contributed by atoms with Crippen LogP contribution in [0.2, 0.25) is 0 Å². The maximum atomic E-state index is 10.3. The lowest BCUT2D eigenvalue weighted by Gasteiger charge is -2.00. The molecule has 1 rings (SSSR count). The summed E-state index contributed by atoms with van der Waals surface area (Å²) in [6, 6.07) is 2.77. The molecular formula is C7H7NO3S. The first-order chi connectivity index (χ1) is 5.52. The molecule has 0 saturated carbocycles. The Morgan fingerprint density at radius 2 is 2.17 bits per heavy atom. The van der Waals surface area contributed by atoms with Crippen molar-refractivity contribution in [3.63, 3.8) is 0 Å². The molecule has 0 aliphatic carbocycles. The number of nitro benzene ring substituents is 1. The Balaban J connectivity index is 3.37. The van der Waals surface area contributed by atoms with Crippen molar-refractivity contribution in [2.24, 2.45) is 0 Å². The van der Waals surface area contributed by atoms with E-state index in [2.05, 4.69) is 12.6 Å². The number of nitrogens with zero attached hydrogens (tertiary/aromatic N) is 1. The van der Waals surface area contributed by atoms with E-state index in [1.807, 2.05) is 0 Å². The van der Waals surface area contributed by atoms with Crippen LogP contribution in [-0.2, 0) is 0 Å². The lowest BCUT2D eigenvalue weighted by molar-refractivity contribution is -0.386. The van der Waals surface area contributed by atoms with Crippen LogP contribution in [0.4, 0.5) is 5.69 Å². The van der Waals surface area contributed by atoms with Crippen molar-refractivity contribution in [1.29, 1.82) is 0 Å². The monoisotopic (exact) mass is 185 g/mol. The molecule has 0 aliphatic rings. The Bertz CT molecular complexity index is 338. The van der Waals surface area contributed by atoms with E-state index >= 15 is 0 Å². The number of phenolic OH excluding ortho intramolecular Hbond substituents is 1. The Morgan fingerprint density at radius 1 is 1.58 bits per heavy atom. The minimum atomic E-state index is -0.637. The Morgan fingerprint density at radius 3 is 2.67 bits per heavy atom. The molecule has 1 N–H and O–H groups in total. The van der Waals surface area contributed by atoms with Crippen LogP contribution >= 0.6 is 12.6 Å². The molecule has 4 nitrogen and oxygen atoms in total. The van der Waals surface area contributed by atoms with E-state index in [1.54, 1.807) is 13.0 Å². The van der Waals surface area contributed by atoms with E-state index in [-0.39, 0.29) is 11.4 Å². The third-order valence-electron chi connectivity index (χ3n) is 1.46. The van der Waals surface area contributed by atoms with Gasteiger partial charge in [-0.15, -0.1) is 12.6 Å². The number of rotatable bonds is 1. The molecule has 0 fully saturated rings. The third kappa shape index (κ3) is 1.50.